The minimum Gasteiger partial charge on any atom is -0.322 e. The summed E-state index contributed by atoms with van der Waals surface area (Å²) in [5.74, 6) is -0.696. The highest BCUT2D eigenvalue weighted by atomic mass is 16.2. The van der Waals surface area contributed by atoms with Gasteiger partial charge in [-0.05, 0) is 62.4 Å². The SMILES string of the molecule is O=C1CCC(N2Cc3ccc(CN4CCC(N5C6CCC5CNC6)CC4)cc3C2=O)C(=O)N1. The number of carbonyl (C=O) groups is 3. The highest BCUT2D eigenvalue weighted by Crippen LogP contribution is 2.33. The number of fused-ring (bicyclic) bond motifs is 3. The van der Waals surface area contributed by atoms with E-state index in [1.807, 2.05) is 12.1 Å². The molecule has 176 valence electrons. The van der Waals surface area contributed by atoms with Gasteiger partial charge in [-0.3, -0.25) is 29.5 Å². The molecule has 0 radical (unpaired) electrons. The van der Waals surface area contributed by atoms with Crippen LogP contribution in [0.2, 0.25) is 0 Å². The van der Waals surface area contributed by atoms with Gasteiger partial charge in [0.05, 0.1) is 0 Å². The molecule has 6 rings (SSSR count). The highest BCUT2D eigenvalue weighted by molar-refractivity contribution is 6.05. The maximum atomic E-state index is 13.1. The van der Waals surface area contributed by atoms with Crippen LogP contribution in [0.1, 0.15) is 60.0 Å². The Morgan fingerprint density at radius 3 is 2.39 bits per heavy atom. The zero-order chi connectivity index (χ0) is 22.5. The first-order valence-electron chi connectivity index (χ1n) is 12.5. The van der Waals surface area contributed by atoms with Crippen LogP contribution in [-0.2, 0) is 22.7 Å². The average Bonchev–Trinajstić information content (AvgIpc) is 3.26. The van der Waals surface area contributed by atoms with Gasteiger partial charge >= 0.3 is 0 Å². The number of imide groups is 1. The fraction of sp³-hybridized carbons (Fsp3) is 0.640. The summed E-state index contributed by atoms with van der Waals surface area (Å²) in [7, 11) is 0. The summed E-state index contributed by atoms with van der Waals surface area (Å²) in [4.78, 5) is 43.8. The quantitative estimate of drug-likeness (QED) is 0.661. The van der Waals surface area contributed by atoms with E-state index in [1.54, 1.807) is 4.90 Å². The molecule has 0 saturated carbocycles. The Morgan fingerprint density at radius 1 is 0.909 bits per heavy atom. The van der Waals surface area contributed by atoms with Crippen LogP contribution >= 0.6 is 0 Å². The van der Waals surface area contributed by atoms with E-state index in [2.05, 4.69) is 26.5 Å². The summed E-state index contributed by atoms with van der Waals surface area (Å²) in [6.07, 6.45) is 5.82. The number of nitrogens with zero attached hydrogens (tertiary/aromatic N) is 3. The largest absolute Gasteiger partial charge is 0.322 e. The Morgan fingerprint density at radius 2 is 1.67 bits per heavy atom. The van der Waals surface area contributed by atoms with Gasteiger partial charge in [0.2, 0.25) is 11.8 Å². The lowest BCUT2D eigenvalue weighted by atomic mass is 9.99. The standard InChI is InChI=1S/C25H33N5O3/c31-23-6-5-22(24(32)27-23)29-15-17-2-1-16(11-21(17)25(29)33)14-28-9-7-18(8-10-28)30-19-3-4-20(30)13-26-12-19/h1-2,11,18-20,22,26H,3-10,12-15H2,(H,27,31,32). The molecule has 0 aromatic heterocycles. The van der Waals surface area contributed by atoms with E-state index in [0.29, 0.717) is 24.6 Å². The molecule has 3 atom stereocenters. The van der Waals surface area contributed by atoms with Gasteiger partial charge in [-0.25, -0.2) is 0 Å². The molecule has 0 aliphatic carbocycles. The van der Waals surface area contributed by atoms with E-state index in [4.69, 9.17) is 0 Å². The molecular weight excluding hydrogens is 418 g/mol. The molecule has 8 nitrogen and oxygen atoms in total. The number of rotatable bonds is 4. The molecule has 2 bridgehead atoms. The second-order valence-corrected chi connectivity index (χ2v) is 10.4. The molecule has 0 spiro atoms. The molecular formula is C25H33N5O3. The third kappa shape index (κ3) is 3.88. The van der Waals surface area contributed by atoms with Crippen molar-refractivity contribution >= 4 is 17.7 Å². The number of piperidine rings is 2. The fourth-order valence-electron chi connectivity index (χ4n) is 6.74. The third-order valence-electron chi connectivity index (χ3n) is 8.41. The van der Waals surface area contributed by atoms with Gasteiger partial charge < -0.3 is 10.2 Å². The monoisotopic (exact) mass is 451 g/mol. The second-order valence-electron chi connectivity index (χ2n) is 10.4. The Kier molecular flexibility index (Phi) is 5.47. The number of carbonyl (C=O) groups excluding carboxylic acids is 3. The van der Waals surface area contributed by atoms with Crippen LogP contribution in [-0.4, -0.2) is 82.8 Å². The number of nitrogens with one attached hydrogen (secondary N) is 2. The van der Waals surface area contributed by atoms with E-state index < -0.39 is 6.04 Å². The van der Waals surface area contributed by atoms with Gasteiger partial charge in [-0.2, -0.15) is 0 Å². The number of amides is 3. The second kappa shape index (κ2) is 8.49. The van der Waals surface area contributed by atoms with Crippen molar-refractivity contribution in [2.24, 2.45) is 0 Å². The van der Waals surface area contributed by atoms with Crippen LogP contribution < -0.4 is 10.6 Å². The first kappa shape index (κ1) is 21.3. The predicted molar refractivity (Wildman–Crippen MR) is 122 cm³/mol. The molecule has 4 saturated heterocycles. The minimum atomic E-state index is -0.551. The van der Waals surface area contributed by atoms with Crippen molar-refractivity contribution in [3.8, 4) is 0 Å². The highest BCUT2D eigenvalue weighted by Gasteiger charge is 2.42. The number of piperazine rings is 1. The van der Waals surface area contributed by atoms with Crippen molar-refractivity contribution in [2.45, 2.75) is 75.8 Å². The topological polar surface area (TPSA) is 85.0 Å². The lowest BCUT2D eigenvalue weighted by Gasteiger charge is -2.44. The predicted octanol–water partition coefficient (Wildman–Crippen LogP) is 0.848. The molecule has 3 unspecified atom stereocenters. The average molecular weight is 452 g/mol. The van der Waals surface area contributed by atoms with E-state index in [9.17, 15) is 14.4 Å². The lowest BCUT2D eigenvalue weighted by molar-refractivity contribution is -0.136. The normalized spacial score (nSPS) is 31.2. The lowest BCUT2D eigenvalue weighted by Crippen LogP contribution is -2.57. The third-order valence-corrected chi connectivity index (χ3v) is 8.41. The van der Waals surface area contributed by atoms with Crippen LogP contribution in [0.3, 0.4) is 0 Å². The molecule has 1 aromatic rings. The van der Waals surface area contributed by atoms with Gasteiger partial charge in [-0.15, -0.1) is 0 Å². The van der Waals surface area contributed by atoms with Crippen LogP contribution in [0.25, 0.3) is 0 Å². The van der Waals surface area contributed by atoms with E-state index in [-0.39, 0.29) is 24.1 Å². The molecule has 33 heavy (non-hydrogen) atoms. The maximum absolute atomic E-state index is 13.1. The molecule has 1 aromatic carbocycles. The number of benzene rings is 1. The number of hydrogen-bond acceptors (Lipinski definition) is 6. The summed E-state index contributed by atoms with van der Waals surface area (Å²) >= 11 is 0. The smallest absolute Gasteiger partial charge is 0.255 e. The van der Waals surface area contributed by atoms with Gasteiger partial charge in [-0.1, -0.05) is 12.1 Å². The van der Waals surface area contributed by atoms with Gasteiger partial charge in [0.15, 0.2) is 0 Å². The Bertz CT molecular complexity index is 957. The van der Waals surface area contributed by atoms with Gasteiger partial charge in [0, 0.05) is 56.3 Å². The summed E-state index contributed by atoms with van der Waals surface area (Å²) in [5.41, 5.74) is 2.85. The summed E-state index contributed by atoms with van der Waals surface area (Å²) < 4.78 is 0. The molecule has 4 fully saturated rings. The number of likely N-dealkylation sites (tertiary alicyclic amines) is 1. The number of hydrogen-bond donors (Lipinski definition) is 2. The van der Waals surface area contributed by atoms with Crippen LogP contribution in [0.4, 0.5) is 0 Å². The first-order valence-corrected chi connectivity index (χ1v) is 12.5. The van der Waals surface area contributed by atoms with Crippen molar-refractivity contribution in [3.05, 3.63) is 34.9 Å². The Balaban J connectivity index is 1.07. The van der Waals surface area contributed by atoms with Gasteiger partial charge in [0.1, 0.15) is 6.04 Å². The molecule has 8 heteroatoms. The first-order chi connectivity index (χ1) is 16.1. The van der Waals surface area contributed by atoms with Crippen molar-refractivity contribution in [2.75, 3.05) is 26.2 Å². The zero-order valence-corrected chi connectivity index (χ0v) is 19.1. The Hall–Kier alpha value is -2.29. The summed E-state index contributed by atoms with van der Waals surface area (Å²) in [5, 5.41) is 5.96. The van der Waals surface area contributed by atoms with Gasteiger partial charge in [0.25, 0.3) is 5.91 Å². The van der Waals surface area contributed by atoms with Crippen molar-refractivity contribution in [1.29, 1.82) is 0 Å². The molecule has 5 heterocycles. The van der Waals surface area contributed by atoms with Crippen molar-refractivity contribution in [3.63, 3.8) is 0 Å². The summed E-state index contributed by atoms with van der Waals surface area (Å²) in [6.45, 7) is 5.80. The van der Waals surface area contributed by atoms with E-state index in [0.717, 1.165) is 55.9 Å². The Labute approximate surface area is 194 Å². The van der Waals surface area contributed by atoms with Crippen LogP contribution in [0.5, 0.6) is 0 Å². The van der Waals surface area contributed by atoms with E-state index in [1.165, 1.54) is 25.7 Å². The van der Waals surface area contributed by atoms with Crippen LogP contribution in [0.15, 0.2) is 18.2 Å². The molecule has 2 N–H and O–H groups in total. The molecule has 3 amide bonds. The van der Waals surface area contributed by atoms with E-state index >= 15 is 0 Å². The van der Waals surface area contributed by atoms with Crippen molar-refractivity contribution < 1.29 is 14.4 Å². The molecule has 5 aliphatic rings. The minimum absolute atomic E-state index is 0.0887. The maximum Gasteiger partial charge on any atom is 0.255 e. The zero-order valence-electron chi connectivity index (χ0n) is 19.1. The fourth-order valence-corrected chi connectivity index (χ4v) is 6.74. The van der Waals surface area contributed by atoms with Crippen molar-refractivity contribution in [1.82, 2.24) is 25.3 Å². The summed E-state index contributed by atoms with van der Waals surface area (Å²) in [6, 6.07) is 7.81. The molecule has 5 aliphatic heterocycles. The van der Waals surface area contributed by atoms with Crippen LogP contribution in [0, 0.1) is 0 Å².